The predicted octanol–water partition coefficient (Wildman–Crippen LogP) is 8.15. The largest absolute Gasteiger partial charge is 0.478 e. The van der Waals surface area contributed by atoms with Gasteiger partial charge in [-0.25, -0.2) is 4.79 Å². The Hall–Kier alpha value is -1.77. The van der Waals surface area contributed by atoms with Crippen LogP contribution in [0.25, 0.3) is 0 Å². The molecule has 3 nitrogen and oxygen atoms in total. The zero-order valence-corrected chi connectivity index (χ0v) is 17.8. The van der Waals surface area contributed by atoms with Crippen LogP contribution >= 0.6 is 0 Å². The van der Waals surface area contributed by atoms with Crippen molar-refractivity contribution in [1.82, 2.24) is 0 Å². The average Bonchev–Trinajstić information content (AvgIpc) is 2.70. The fraction of sp³-hybridized carbons (Fsp3) is 0.640. The molecule has 0 atom stereocenters. The summed E-state index contributed by atoms with van der Waals surface area (Å²) in [6.45, 7) is 2.27. The van der Waals surface area contributed by atoms with Crippen molar-refractivity contribution in [1.29, 1.82) is 0 Å². The van der Waals surface area contributed by atoms with Crippen LogP contribution in [0, 0.1) is 0 Å². The van der Waals surface area contributed by atoms with Crippen molar-refractivity contribution in [3.63, 3.8) is 0 Å². The molecule has 1 rings (SSSR count). The van der Waals surface area contributed by atoms with E-state index >= 15 is 0 Å². The molecule has 0 saturated heterocycles. The molecule has 0 aliphatic rings. The maximum atomic E-state index is 11.1. The maximum Gasteiger partial charge on any atom is 0.339 e. The first-order valence-corrected chi connectivity index (χ1v) is 11.4. The summed E-state index contributed by atoms with van der Waals surface area (Å²) in [5, 5.41) is 9.11. The van der Waals surface area contributed by atoms with Gasteiger partial charge in [-0.3, -0.25) is 0 Å². The third-order valence-electron chi connectivity index (χ3n) is 5.13. The number of allylic oxidation sites excluding steroid dienone is 1. The zero-order valence-electron chi connectivity index (χ0n) is 17.8. The van der Waals surface area contributed by atoms with Crippen LogP contribution in [-0.4, -0.2) is 11.1 Å². The lowest BCUT2D eigenvalue weighted by atomic mass is 10.0. The molecule has 3 heteroatoms. The summed E-state index contributed by atoms with van der Waals surface area (Å²) in [7, 11) is 0. The van der Waals surface area contributed by atoms with E-state index < -0.39 is 5.97 Å². The van der Waals surface area contributed by atoms with E-state index in [9.17, 15) is 4.79 Å². The van der Waals surface area contributed by atoms with Crippen LogP contribution in [0.4, 0.5) is 0 Å². The number of hydrogen-bond acceptors (Lipinski definition) is 2. The smallest absolute Gasteiger partial charge is 0.339 e. The van der Waals surface area contributed by atoms with E-state index in [1.165, 1.54) is 83.5 Å². The molecule has 0 aliphatic carbocycles. The lowest BCUT2D eigenvalue weighted by molar-refractivity contribution is 0.0694. The minimum absolute atomic E-state index is 0.198. The number of carboxylic acids is 1. The Morgan fingerprint density at radius 1 is 0.821 bits per heavy atom. The Labute approximate surface area is 172 Å². The van der Waals surface area contributed by atoms with Gasteiger partial charge < -0.3 is 9.84 Å². The molecule has 0 fully saturated rings. The van der Waals surface area contributed by atoms with E-state index in [0.29, 0.717) is 5.75 Å². The molecular formula is C25H40O3. The minimum atomic E-state index is -0.962. The van der Waals surface area contributed by atoms with Crippen LogP contribution in [-0.2, 0) is 0 Å². The highest BCUT2D eigenvalue weighted by Crippen LogP contribution is 2.18. The van der Waals surface area contributed by atoms with Crippen molar-refractivity contribution in [2.45, 2.75) is 103 Å². The number of ether oxygens (including phenoxy) is 1. The van der Waals surface area contributed by atoms with Gasteiger partial charge in [-0.2, -0.15) is 0 Å². The van der Waals surface area contributed by atoms with Gasteiger partial charge in [0.05, 0.1) is 6.26 Å². The van der Waals surface area contributed by atoms with E-state index in [-0.39, 0.29) is 5.56 Å². The molecule has 0 heterocycles. The molecule has 0 aromatic heterocycles. The van der Waals surface area contributed by atoms with Crippen molar-refractivity contribution < 1.29 is 14.6 Å². The summed E-state index contributed by atoms with van der Waals surface area (Å²) in [5.41, 5.74) is 0.198. The van der Waals surface area contributed by atoms with Gasteiger partial charge in [0.25, 0.3) is 0 Å². The third-order valence-corrected chi connectivity index (χ3v) is 5.13. The predicted molar refractivity (Wildman–Crippen MR) is 118 cm³/mol. The van der Waals surface area contributed by atoms with E-state index in [0.717, 1.165) is 12.8 Å². The van der Waals surface area contributed by atoms with Gasteiger partial charge in [0.15, 0.2) is 0 Å². The second-order valence-electron chi connectivity index (χ2n) is 7.68. The Morgan fingerprint density at radius 3 is 1.86 bits per heavy atom. The molecule has 1 N–H and O–H groups in total. The monoisotopic (exact) mass is 388 g/mol. The normalized spacial score (nSPS) is 11.2. The first kappa shape index (κ1) is 24.3. The SMILES string of the molecule is CCCCCCCCCCCCCCCC/C=C\Oc1ccccc1C(=O)O. The summed E-state index contributed by atoms with van der Waals surface area (Å²) >= 11 is 0. The molecular weight excluding hydrogens is 348 g/mol. The summed E-state index contributed by atoms with van der Waals surface area (Å²) in [5.74, 6) is -0.566. The fourth-order valence-corrected chi connectivity index (χ4v) is 3.39. The standard InChI is InChI=1S/C25H40O3/c1-2-3-4-5-6-7-8-9-10-11-12-13-14-15-16-19-22-28-24-21-18-17-20-23(24)25(26)27/h17-22H,2-16H2,1H3,(H,26,27)/b22-19-. The number of rotatable bonds is 18. The van der Waals surface area contributed by atoms with Gasteiger partial charge in [-0.1, -0.05) is 103 Å². The topological polar surface area (TPSA) is 46.5 Å². The van der Waals surface area contributed by atoms with Crippen molar-refractivity contribution in [2.24, 2.45) is 0 Å². The van der Waals surface area contributed by atoms with Gasteiger partial charge in [-0.15, -0.1) is 0 Å². The van der Waals surface area contributed by atoms with Crippen molar-refractivity contribution >= 4 is 5.97 Å². The Kier molecular flexibility index (Phi) is 15.0. The quantitative estimate of drug-likeness (QED) is 0.204. The Bertz CT molecular complexity index is 536. The molecule has 1 aromatic carbocycles. The van der Waals surface area contributed by atoms with E-state index in [4.69, 9.17) is 9.84 Å². The molecule has 28 heavy (non-hydrogen) atoms. The van der Waals surface area contributed by atoms with Crippen LogP contribution < -0.4 is 4.74 Å². The maximum absolute atomic E-state index is 11.1. The van der Waals surface area contributed by atoms with Gasteiger partial charge >= 0.3 is 5.97 Å². The first-order valence-electron chi connectivity index (χ1n) is 11.4. The molecule has 0 unspecified atom stereocenters. The second-order valence-corrected chi connectivity index (χ2v) is 7.68. The van der Waals surface area contributed by atoms with Gasteiger partial charge in [-0.05, 0) is 31.1 Å². The second kappa shape index (κ2) is 17.3. The number of aromatic carboxylic acids is 1. The lowest BCUT2D eigenvalue weighted by Crippen LogP contribution is -1.99. The lowest BCUT2D eigenvalue weighted by Gasteiger charge is -2.04. The number of hydrogen-bond donors (Lipinski definition) is 1. The number of carbonyl (C=O) groups is 1. The van der Waals surface area contributed by atoms with E-state index in [1.54, 1.807) is 30.5 Å². The Balaban J connectivity index is 1.89. The molecule has 0 aliphatic heterocycles. The molecule has 0 saturated carbocycles. The Morgan fingerprint density at radius 2 is 1.32 bits per heavy atom. The highest BCUT2D eigenvalue weighted by molar-refractivity contribution is 5.90. The van der Waals surface area contributed by atoms with Crippen molar-refractivity contribution in [3.05, 3.63) is 42.2 Å². The van der Waals surface area contributed by atoms with Crippen molar-refractivity contribution in [3.8, 4) is 5.75 Å². The number of benzene rings is 1. The van der Waals surface area contributed by atoms with Gasteiger partial charge in [0, 0.05) is 0 Å². The molecule has 1 aromatic rings. The molecule has 0 bridgehead atoms. The highest BCUT2D eigenvalue weighted by Gasteiger charge is 2.08. The number of unbranched alkanes of at least 4 members (excludes halogenated alkanes) is 14. The molecule has 0 amide bonds. The van der Waals surface area contributed by atoms with Crippen LogP contribution in [0.2, 0.25) is 0 Å². The minimum Gasteiger partial charge on any atom is -0.478 e. The fourth-order valence-electron chi connectivity index (χ4n) is 3.39. The summed E-state index contributed by atoms with van der Waals surface area (Å²) in [6.07, 6.45) is 23.7. The van der Waals surface area contributed by atoms with E-state index in [2.05, 4.69) is 6.92 Å². The number of para-hydroxylation sites is 1. The average molecular weight is 389 g/mol. The van der Waals surface area contributed by atoms with Crippen LogP contribution in [0.1, 0.15) is 114 Å². The van der Waals surface area contributed by atoms with Crippen LogP contribution in [0.3, 0.4) is 0 Å². The summed E-state index contributed by atoms with van der Waals surface area (Å²) < 4.78 is 5.46. The van der Waals surface area contributed by atoms with Gasteiger partial charge in [0.1, 0.15) is 11.3 Å². The van der Waals surface area contributed by atoms with Crippen LogP contribution in [0.5, 0.6) is 5.75 Å². The zero-order chi connectivity index (χ0) is 20.3. The van der Waals surface area contributed by atoms with Crippen LogP contribution in [0.15, 0.2) is 36.6 Å². The first-order chi connectivity index (χ1) is 13.8. The third kappa shape index (κ3) is 12.6. The highest BCUT2D eigenvalue weighted by atomic mass is 16.5. The van der Waals surface area contributed by atoms with Crippen molar-refractivity contribution in [2.75, 3.05) is 0 Å². The summed E-state index contributed by atoms with van der Waals surface area (Å²) in [4.78, 5) is 11.1. The number of carboxylic acid groups (broad SMARTS) is 1. The molecule has 158 valence electrons. The van der Waals surface area contributed by atoms with Gasteiger partial charge in [0.2, 0.25) is 0 Å². The molecule has 0 radical (unpaired) electrons. The van der Waals surface area contributed by atoms with E-state index in [1.807, 2.05) is 6.08 Å². The molecule has 0 spiro atoms. The summed E-state index contributed by atoms with van der Waals surface area (Å²) in [6, 6.07) is 6.72.